The van der Waals surface area contributed by atoms with Crippen molar-refractivity contribution < 1.29 is 4.42 Å². The molecule has 0 aliphatic heterocycles. The number of fused-ring (bicyclic) bond motifs is 1. The number of para-hydroxylation sites is 1. The Morgan fingerprint density at radius 2 is 2.36 bits per heavy atom. The van der Waals surface area contributed by atoms with Crippen molar-refractivity contribution in [1.82, 2.24) is 0 Å². The summed E-state index contributed by atoms with van der Waals surface area (Å²) in [6.45, 7) is 2.12. The minimum Gasteiger partial charge on any atom is -0.452 e. The summed E-state index contributed by atoms with van der Waals surface area (Å²) in [5.74, 6) is 0. The van der Waals surface area contributed by atoms with Gasteiger partial charge < -0.3 is 4.42 Å². The van der Waals surface area contributed by atoms with Gasteiger partial charge in [0.25, 0.3) is 0 Å². The zero-order valence-electron chi connectivity index (χ0n) is 6.42. The van der Waals surface area contributed by atoms with Gasteiger partial charge in [-0.2, -0.15) is 0 Å². The van der Waals surface area contributed by atoms with E-state index in [1.54, 1.807) is 0 Å². The van der Waals surface area contributed by atoms with Gasteiger partial charge in [0, 0.05) is 5.39 Å². The lowest BCUT2D eigenvalue weighted by molar-refractivity contribution is 0.602. The summed E-state index contributed by atoms with van der Waals surface area (Å²) in [4.78, 5) is 0. The largest absolute Gasteiger partial charge is 0.452 e. The summed E-state index contributed by atoms with van der Waals surface area (Å²) in [5, 5.41) is 1.14. The molecule has 1 nitrogen and oxygen atoms in total. The van der Waals surface area contributed by atoms with Crippen LogP contribution in [0, 0.1) is 6.26 Å². The van der Waals surface area contributed by atoms with E-state index in [0.717, 1.165) is 17.4 Å². The van der Waals surface area contributed by atoms with Crippen molar-refractivity contribution in [3.63, 3.8) is 0 Å². The molecule has 0 aliphatic rings. The molecule has 0 atom stereocenters. The van der Waals surface area contributed by atoms with Crippen LogP contribution in [0.2, 0.25) is 0 Å². The summed E-state index contributed by atoms with van der Waals surface area (Å²) in [6.07, 6.45) is 3.75. The summed E-state index contributed by atoms with van der Waals surface area (Å²) < 4.78 is 5.21. The molecule has 0 saturated heterocycles. The molecule has 0 aliphatic carbocycles. The summed E-state index contributed by atoms with van der Waals surface area (Å²) in [5.41, 5.74) is 2.23. The third kappa shape index (κ3) is 0.929. The highest BCUT2D eigenvalue weighted by Crippen LogP contribution is 2.19. The zero-order chi connectivity index (χ0) is 7.68. The molecule has 1 aromatic heterocycles. The van der Waals surface area contributed by atoms with Crippen molar-refractivity contribution in [3.8, 4) is 0 Å². The topological polar surface area (TPSA) is 13.1 Å². The standard InChI is InChI=1S/C10H9O/c1-2-8-4-3-5-9-6-7-11-10(8)9/h3-6H,2H2,1H3. The van der Waals surface area contributed by atoms with Crippen molar-refractivity contribution in [3.05, 3.63) is 36.1 Å². The number of benzene rings is 1. The molecule has 1 heterocycles. The van der Waals surface area contributed by atoms with Crippen molar-refractivity contribution in [2.24, 2.45) is 0 Å². The lowest BCUT2D eigenvalue weighted by Crippen LogP contribution is -1.78. The van der Waals surface area contributed by atoms with Crippen molar-refractivity contribution in [1.29, 1.82) is 0 Å². The van der Waals surface area contributed by atoms with Crippen LogP contribution in [0.3, 0.4) is 0 Å². The first-order valence-corrected chi connectivity index (χ1v) is 3.79. The molecule has 0 spiro atoms. The number of aryl methyl sites for hydroxylation is 1. The Hall–Kier alpha value is -1.24. The van der Waals surface area contributed by atoms with E-state index in [1.807, 2.05) is 18.2 Å². The number of hydrogen-bond donors (Lipinski definition) is 0. The van der Waals surface area contributed by atoms with Crippen LogP contribution in [-0.4, -0.2) is 0 Å². The van der Waals surface area contributed by atoms with E-state index < -0.39 is 0 Å². The smallest absolute Gasteiger partial charge is 0.170 e. The number of hydrogen-bond acceptors (Lipinski definition) is 1. The first-order chi connectivity index (χ1) is 5.42. The second-order valence-electron chi connectivity index (χ2n) is 2.55. The van der Waals surface area contributed by atoms with Gasteiger partial charge in [-0.1, -0.05) is 25.1 Å². The van der Waals surface area contributed by atoms with Crippen molar-refractivity contribution in [2.45, 2.75) is 13.3 Å². The van der Waals surface area contributed by atoms with Gasteiger partial charge in [-0.15, -0.1) is 0 Å². The first kappa shape index (κ1) is 6.47. The predicted molar refractivity (Wildman–Crippen MR) is 44.4 cm³/mol. The zero-order valence-corrected chi connectivity index (χ0v) is 6.42. The fourth-order valence-corrected chi connectivity index (χ4v) is 1.27. The fraction of sp³-hybridized carbons (Fsp3) is 0.200. The van der Waals surface area contributed by atoms with Gasteiger partial charge in [-0.05, 0) is 18.1 Å². The molecule has 0 bridgehead atoms. The van der Waals surface area contributed by atoms with E-state index in [4.69, 9.17) is 4.42 Å². The van der Waals surface area contributed by atoms with Gasteiger partial charge in [0.1, 0.15) is 5.58 Å². The lowest BCUT2D eigenvalue weighted by atomic mass is 10.1. The molecule has 0 N–H and O–H groups in total. The van der Waals surface area contributed by atoms with Crippen LogP contribution in [0.15, 0.2) is 28.7 Å². The van der Waals surface area contributed by atoms with E-state index in [2.05, 4.69) is 19.3 Å². The van der Waals surface area contributed by atoms with Gasteiger partial charge in [0.15, 0.2) is 6.26 Å². The second kappa shape index (κ2) is 2.42. The molecular weight excluding hydrogens is 136 g/mol. The molecule has 55 valence electrons. The molecule has 2 aromatic rings. The lowest BCUT2D eigenvalue weighted by Gasteiger charge is -1.95. The maximum atomic E-state index is 5.21. The summed E-state index contributed by atoms with van der Waals surface area (Å²) in [6, 6.07) is 8.03. The van der Waals surface area contributed by atoms with Crippen LogP contribution in [-0.2, 0) is 6.42 Å². The van der Waals surface area contributed by atoms with E-state index >= 15 is 0 Å². The normalized spacial score (nSPS) is 10.6. The molecule has 1 heteroatoms. The van der Waals surface area contributed by atoms with Crippen LogP contribution in [0.1, 0.15) is 12.5 Å². The Bertz CT molecular complexity index is 360. The van der Waals surface area contributed by atoms with Crippen LogP contribution >= 0.6 is 0 Å². The van der Waals surface area contributed by atoms with Crippen LogP contribution in [0.5, 0.6) is 0 Å². The molecule has 1 radical (unpaired) electrons. The van der Waals surface area contributed by atoms with Gasteiger partial charge in [0.2, 0.25) is 0 Å². The summed E-state index contributed by atoms with van der Waals surface area (Å²) in [7, 11) is 0. The van der Waals surface area contributed by atoms with Crippen molar-refractivity contribution in [2.75, 3.05) is 0 Å². The molecule has 2 rings (SSSR count). The average molecular weight is 145 g/mol. The molecule has 0 fully saturated rings. The van der Waals surface area contributed by atoms with E-state index in [1.165, 1.54) is 5.56 Å². The molecule has 0 amide bonds. The highest BCUT2D eigenvalue weighted by molar-refractivity contribution is 5.79. The number of furan rings is 1. The predicted octanol–water partition coefficient (Wildman–Crippen LogP) is 2.80. The second-order valence-corrected chi connectivity index (χ2v) is 2.55. The van der Waals surface area contributed by atoms with Crippen LogP contribution in [0.4, 0.5) is 0 Å². The van der Waals surface area contributed by atoms with Gasteiger partial charge >= 0.3 is 0 Å². The highest BCUT2D eigenvalue weighted by Gasteiger charge is 2.00. The van der Waals surface area contributed by atoms with E-state index in [-0.39, 0.29) is 0 Å². The Morgan fingerprint density at radius 1 is 1.45 bits per heavy atom. The van der Waals surface area contributed by atoms with E-state index in [0.29, 0.717) is 0 Å². The van der Waals surface area contributed by atoms with Crippen LogP contribution in [0.25, 0.3) is 11.0 Å². The average Bonchev–Trinajstić information content (AvgIpc) is 2.50. The maximum Gasteiger partial charge on any atom is 0.170 e. The first-order valence-electron chi connectivity index (χ1n) is 3.79. The maximum absolute atomic E-state index is 5.21. The minimum atomic E-state index is 0.981. The van der Waals surface area contributed by atoms with Gasteiger partial charge in [-0.25, -0.2) is 0 Å². The van der Waals surface area contributed by atoms with Gasteiger partial charge in [0.05, 0.1) is 0 Å². The quantitative estimate of drug-likeness (QED) is 0.601. The monoisotopic (exact) mass is 145 g/mol. The molecule has 0 saturated carbocycles. The Labute approximate surface area is 65.6 Å². The minimum absolute atomic E-state index is 0.981. The Kier molecular flexibility index (Phi) is 1.42. The fourth-order valence-electron chi connectivity index (χ4n) is 1.27. The highest BCUT2D eigenvalue weighted by atomic mass is 16.3. The number of rotatable bonds is 1. The van der Waals surface area contributed by atoms with Gasteiger partial charge in [-0.3, -0.25) is 0 Å². The third-order valence-corrected chi connectivity index (χ3v) is 1.88. The molecule has 1 aromatic carbocycles. The van der Waals surface area contributed by atoms with Crippen LogP contribution < -0.4 is 0 Å². The van der Waals surface area contributed by atoms with E-state index in [9.17, 15) is 0 Å². The Morgan fingerprint density at radius 3 is 3.18 bits per heavy atom. The summed E-state index contributed by atoms with van der Waals surface area (Å²) >= 11 is 0. The third-order valence-electron chi connectivity index (χ3n) is 1.88. The Balaban J connectivity index is 2.79. The molecular formula is C10H9O. The SMILES string of the molecule is CCc1cccc2c[c]oc12. The molecule has 0 unspecified atom stereocenters. The molecule has 11 heavy (non-hydrogen) atoms. The van der Waals surface area contributed by atoms with Crippen molar-refractivity contribution >= 4 is 11.0 Å².